The molecule has 0 amide bonds. The third-order valence-electron chi connectivity index (χ3n) is 2.35. The van der Waals surface area contributed by atoms with Crippen LogP contribution in [0.2, 0.25) is 0 Å². The van der Waals surface area contributed by atoms with Crippen molar-refractivity contribution >= 4 is 11.8 Å². The Morgan fingerprint density at radius 1 is 1.40 bits per heavy atom. The van der Waals surface area contributed by atoms with E-state index in [2.05, 4.69) is 10.2 Å². The van der Waals surface area contributed by atoms with Gasteiger partial charge in [0.1, 0.15) is 17.4 Å². The molecule has 0 N–H and O–H groups in total. The molecule has 0 spiro atoms. The predicted molar refractivity (Wildman–Crippen MR) is 58.7 cm³/mol. The van der Waals surface area contributed by atoms with Gasteiger partial charge in [-0.05, 0) is 19.9 Å². The van der Waals surface area contributed by atoms with Gasteiger partial charge in [-0.2, -0.15) is 0 Å². The van der Waals surface area contributed by atoms with Crippen LogP contribution in [-0.4, -0.2) is 14.8 Å². The molecule has 0 aliphatic heterocycles. The highest BCUT2D eigenvalue weighted by atomic mass is 32.2. The van der Waals surface area contributed by atoms with Crippen LogP contribution >= 0.6 is 11.8 Å². The van der Waals surface area contributed by atoms with Gasteiger partial charge in [0.05, 0.1) is 12.0 Å². The predicted octanol–water partition coefficient (Wildman–Crippen LogP) is 2.32. The van der Waals surface area contributed by atoms with Gasteiger partial charge in [0.2, 0.25) is 0 Å². The molecule has 0 saturated carbocycles. The van der Waals surface area contributed by atoms with Crippen LogP contribution in [-0.2, 0) is 12.8 Å². The molecule has 0 unspecified atom stereocenters. The highest BCUT2D eigenvalue weighted by Crippen LogP contribution is 2.25. The van der Waals surface area contributed by atoms with E-state index in [4.69, 9.17) is 4.42 Å². The monoisotopic (exact) mass is 223 g/mol. The summed E-state index contributed by atoms with van der Waals surface area (Å²) in [5.74, 6) is 3.70. The van der Waals surface area contributed by atoms with Crippen molar-refractivity contribution in [2.75, 3.05) is 0 Å². The number of aryl methyl sites for hydroxylation is 2. The van der Waals surface area contributed by atoms with Crippen molar-refractivity contribution in [1.82, 2.24) is 14.8 Å². The summed E-state index contributed by atoms with van der Waals surface area (Å²) in [6.45, 7) is 3.91. The molecule has 0 aliphatic carbocycles. The van der Waals surface area contributed by atoms with Gasteiger partial charge in [-0.3, -0.25) is 0 Å². The Morgan fingerprint density at radius 2 is 2.20 bits per heavy atom. The topological polar surface area (TPSA) is 43.9 Å². The van der Waals surface area contributed by atoms with Crippen LogP contribution < -0.4 is 0 Å². The van der Waals surface area contributed by atoms with Crippen molar-refractivity contribution in [3.05, 3.63) is 29.7 Å². The van der Waals surface area contributed by atoms with Crippen molar-refractivity contribution in [1.29, 1.82) is 0 Å². The molecule has 0 atom stereocenters. The van der Waals surface area contributed by atoms with Gasteiger partial charge in [-0.25, -0.2) is 0 Å². The van der Waals surface area contributed by atoms with Gasteiger partial charge in [0.25, 0.3) is 0 Å². The minimum absolute atomic E-state index is 0.817. The molecule has 5 heteroatoms. The molecule has 2 aromatic heterocycles. The largest absolute Gasteiger partial charge is 0.468 e. The van der Waals surface area contributed by atoms with Gasteiger partial charge < -0.3 is 8.98 Å². The summed E-state index contributed by atoms with van der Waals surface area (Å²) in [5, 5.41) is 8.12. The Hall–Kier alpha value is -1.23. The number of nitrogens with zero attached hydrogens (tertiary/aromatic N) is 3. The third kappa shape index (κ3) is 2.07. The highest BCUT2D eigenvalue weighted by molar-refractivity contribution is 7.98. The lowest BCUT2D eigenvalue weighted by atomic mass is 10.5. The van der Waals surface area contributed by atoms with E-state index >= 15 is 0 Å². The van der Waals surface area contributed by atoms with E-state index < -0.39 is 0 Å². The molecule has 0 aliphatic rings. The fourth-order valence-corrected chi connectivity index (χ4v) is 2.18. The molecular formula is C10H13N3OS. The third-order valence-corrected chi connectivity index (χ3v) is 3.49. The van der Waals surface area contributed by atoms with E-state index in [1.54, 1.807) is 18.0 Å². The Kier molecular flexibility index (Phi) is 2.81. The van der Waals surface area contributed by atoms with E-state index in [0.29, 0.717) is 0 Å². The van der Waals surface area contributed by atoms with E-state index in [0.717, 1.165) is 28.1 Å². The van der Waals surface area contributed by atoms with E-state index in [-0.39, 0.29) is 0 Å². The fourth-order valence-electron chi connectivity index (χ4n) is 1.24. The van der Waals surface area contributed by atoms with Crippen LogP contribution in [0.3, 0.4) is 0 Å². The zero-order valence-electron chi connectivity index (χ0n) is 9.02. The van der Waals surface area contributed by atoms with E-state index in [9.17, 15) is 0 Å². The molecular weight excluding hydrogens is 210 g/mol. The van der Waals surface area contributed by atoms with Gasteiger partial charge in [0, 0.05) is 11.9 Å². The summed E-state index contributed by atoms with van der Waals surface area (Å²) in [5.41, 5.74) is 0. The number of furan rings is 1. The first-order valence-corrected chi connectivity index (χ1v) is 5.69. The van der Waals surface area contributed by atoms with Crippen LogP contribution in [0.15, 0.2) is 21.6 Å². The van der Waals surface area contributed by atoms with Gasteiger partial charge >= 0.3 is 0 Å². The Bertz CT molecular complexity index is 461. The molecule has 4 nitrogen and oxygen atoms in total. The van der Waals surface area contributed by atoms with Crippen molar-refractivity contribution < 1.29 is 4.42 Å². The number of thioether (sulfide) groups is 1. The second-order valence-corrected chi connectivity index (χ2v) is 4.37. The summed E-state index contributed by atoms with van der Waals surface area (Å²) < 4.78 is 7.23. The van der Waals surface area contributed by atoms with Crippen LogP contribution in [0.5, 0.6) is 0 Å². The van der Waals surface area contributed by atoms with Crippen molar-refractivity contribution in [2.24, 2.45) is 7.05 Å². The maximum Gasteiger partial charge on any atom is 0.143 e. The number of aromatic nitrogens is 3. The summed E-state index contributed by atoms with van der Waals surface area (Å²) in [6.07, 6.45) is 1.71. The summed E-state index contributed by atoms with van der Waals surface area (Å²) >= 11 is 1.72. The Morgan fingerprint density at radius 3 is 2.73 bits per heavy atom. The van der Waals surface area contributed by atoms with Gasteiger partial charge in [0.15, 0.2) is 0 Å². The van der Waals surface area contributed by atoms with Gasteiger partial charge in [-0.1, -0.05) is 0 Å². The van der Waals surface area contributed by atoms with Crippen LogP contribution in [0.4, 0.5) is 0 Å². The number of hydrogen-bond donors (Lipinski definition) is 0. The summed E-state index contributed by atoms with van der Waals surface area (Å²) in [4.78, 5) is 1.16. The average Bonchev–Trinajstić information content (AvgIpc) is 2.74. The van der Waals surface area contributed by atoms with Crippen LogP contribution in [0.25, 0.3) is 0 Å². The van der Waals surface area contributed by atoms with Crippen molar-refractivity contribution in [3.63, 3.8) is 0 Å². The normalized spacial score (nSPS) is 10.9. The Balaban J connectivity index is 2.05. The van der Waals surface area contributed by atoms with Crippen LogP contribution in [0, 0.1) is 13.8 Å². The lowest BCUT2D eigenvalue weighted by Gasteiger charge is -2.00. The Labute approximate surface area is 92.7 Å². The molecule has 15 heavy (non-hydrogen) atoms. The first kappa shape index (κ1) is 10.3. The molecule has 0 saturated heterocycles. The lowest BCUT2D eigenvalue weighted by molar-refractivity contribution is 0.527. The smallest absolute Gasteiger partial charge is 0.143 e. The lowest BCUT2D eigenvalue weighted by Crippen LogP contribution is -1.97. The molecule has 0 bridgehead atoms. The number of hydrogen-bond acceptors (Lipinski definition) is 4. The first-order chi connectivity index (χ1) is 7.18. The van der Waals surface area contributed by atoms with Crippen LogP contribution in [0.1, 0.15) is 17.4 Å². The second kappa shape index (κ2) is 4.10. The number of rotatable bonds is 3. The maximum absolute atomic E-state index is 5.22. The van der Waals surface area contributed by atoms with Crippen molar-refractivity contribution in [2.45, 2.75) is 24.5 Å². The molecule has 0 aromatic carbocycles. The maximum atomic E-state index is 5.22. The minimum atomic E-state index is 0.817. The summed E-state index contributed by atoms with van der Waals surface area (Å²) in [7, 11) is 1.98. The SMILES string of the molecule is Cc1occc1SCc1nnc(C)n1C. The zero-order chi connectivity index (χ0) is 10.8. The zero-order valence-corrected chi connectivity index (χ0v) is 9.84. The van der Waals surface area contributed by atoms with Gasteiger partial charge in [-0.15, -0.1) is 22.0 Å². The molecule has 2 heterocycles. The van der Waals surface area contributed by atoms with E-state index in [1.807, 2.05) is 31.5 Å². The average molecular weight is 223 g/mol. The molecule has 2 rings (SSSR count). The molecule has 80 valence electrons. The summed E-state index contributed by atoms with van der Waals surface area (Å²) in [6, 6.07) is 1.98. The minimum Gasteiger partial charge on any atom is -0.468 e. The molecule has 0 radical (unpaired) electrons. The first-order valence-electron chi connectivity index (χ1n) is 4.70. The quantitative estimate of drug-likeness (QED) is 0.749. The standard InChI is InChI=1S/C10H13N3OS/c1-7-9(4-5-14-7)15-6-10-12-11-8(2)13(10)3/h4-5H,6H2,1-3H3. The molecule has 0 fully saturated rings. The fraction of sp³-hybridized carbons (Fsp3) is 0.400. The van der Waals surface area contributed by atoms with Crippen molar-refractivity contribution in [3.8, 4) is 0 Å². The second-order valence-electron chi connectivity index (χ2n) is 3.35. The van der Waals surface area contributed by atoms with E-state index in [1.165, 1.54) is 0 Å². The molecule has 2 aromatic rings. The highest BCUT2D eigenvalue weighted by Gasteiger charge is 2.07.